The SMILES string of the molecule is CC(NC(=O)c1ccc2c(=O)n(C)c(=O)n(C)c2n1)c1ccc(S(C)(=O)=O)cc1. The highest BCUT2D eigenvalue weighted by molar-refractivity contribution is 7.90. The maximum absolute atomic E-state index is 12.6. The molecule has 1 unspecified atom stereocenters. The first-order chi connectivity index (χ1) is 13.5. The van der Waals surface area contributed by atoms with Crippen LogP contribution in [0.3, 0.4) is 0 Å². The van der Waals surface area contributed by atoms with Gasteiger partial charge in [-0.1, -0.05) is 12.1 Å². The van der Waals surface area contributed by atoms with Crippen molar-refractivity contribution in [3.05, 3.63) is 68.5 Å². The van der Waals surface area contributed by atoms with Crippen LogP contribution in [0.2, 0.25) is 0 Å². The predicted octanol–water partition coefficient (Wildman–Crippen LogP) is 0.527. The number of aromatic nitrogens is 3. The molecular weight excluding hydrogens is 396 g/mol. The molecule has 0 spiro atoms. The normalized spacial score (nSPS) is 12.7. The maximum Gasteiger partial charge on any atom is 0.332 e. The van der Waals surface area contributed by atoms with Crippen molar-refractivity contribution in [3.63, 3.8) is 0 Å². The smallest absolute Gasteiger partial charge is 0.332 e. The molecule has 2 aromatic heterocycles. The number of aryl methyl sites for hydroxylation is 1. The molecule has 1 amide bonds. The molecule has 3 aromatic rings. The first-order valence-electron chi connectivity index (χ1n) is 8.68. The van der Waals surface area contributed by atoms with E-state index in [1.165, 1.54) is 42.9 Å². The zero-order chi connectivity index (χ0) is 21.5. The minimum Gasteiger partial charge on any atom is -0.344 e. The Balaban J connectivity index is 1.90. The molecule has 10 heteroatoms. The minimum atomic E-state index is -3.30. The molecule has 9 nitrogen and oxygen atoms in total. The molecule has 1 aromatic carbocycles. The van der Waals surface area contributed by atoms with Crippen LogP contribution in [-0.4, -0.2) is 34.7 Å². The van der Waals surface area contributed by atoms with Gasteiger partial charge in [-0.2, -0.15) is 0 Å². The van der Waals surface area contributed by atoms with Crippen LogP contribution in [0.25, 0.3) is 11.0 Å². The molecule has 3 rings (SSSR count). The Morgan fingerprint density at radius 3 is 2.24 bits per heavy atom. The molecule has 2 heterocycles. The summed E-state index contributed by atoms with van der Waals surface area (Å²) >= 11 is 0. The van der Waals surface area contributed by atoms with E-state index in [9.17, 15) is 22.8 Å². The third-order valence-corrected chi connectivity index (χ3v) is 5.82. The topological polar surface area (TPSA) is 120 Å². The largest absolute Gasteiger partial charge is 0.344 e. The third kappa shape index (κ3) is 3.83. The van der Waals surface area contributed by atoms with Gasteiger partial charge in [0, 0.05) is 20.4 Å². The molecule has 0 aliphatic carbocycles. The number of carbonyl (C=O) groups is 1. The van der Waals surface area contributed by atoms with Gasteiger partial charge in [-0.15, -0.1) is 0 Å². The molecule has 0 saturated carbocycles. The van der Waals surface area contributed by atoms with Gasteiger partial charge in [0.05, 0.1) is 16.3 Å². The third-order valence-electron chi connectivity index (χ3n) is 4.69. The average molecular weight is 416 g/mol. The highest BCUT2D eigenvalue weighted by Gasteiger charge is 2.16. The van der Waals surface area contributed by atoms with Gasteiger partial charge in [-0.3, -0.25) is 18.7 Å². The Hall–Kier alpha value is -3.27. The van der Waals surface area contributed by atoms with E-state index in [2.05, 4.69) is 10.3 Å². The molecule has 152 valence electrons. The van der Waals surface area contributed by atoms with Crippen LogP contribution >= 0.6 is 0 Å². The zero-order valence-corrected chi connectivity index (χ0v) is 17.1. The van der Waals surface area contributed by atoms with Crippen LogP contribution in [0, 0.1) is 0 Å². The second kappa shape index (κ2) is 7.28. The Morgan fingerprint density at radius 2 is 1.66 bits per heavy atom. The Morgan fingerprint density at radius 1 is 1.03 bits per heavy atom. The van der Waals surface area contributed by atoms with Gasteiger partial charge in [0.1, 0.15) is 11.3 Å². The summed E-state index contributed by atoms with van der Waals surface area (Å²) in [6.45, 7) is 1.75. The van der Waals surface area contributed by atoms with Crippen molar-refractivity contribution in [2.24, 2.45) is 14.1 Å². The van der Waals surface area contributed by atoms with E-state index in [1.54, 1.807) is 19.1 Å². The summed E-state index contributed by atoms with van der Waals surface area (Å²) in [6.07, 6.45) is 1.12. The molecule has 1 atom stereocenters. The standard InChI is InChI=1S/C19H20N4O5S/c1-11(12-5-7-13(8-6-12)29(4,27)28)20-17(24)15-10-9-14-16(21-15)22(2)19(26)23(3)18(14)25/h5-11H,1-4H3,(H,20,24). The summed E-state index contributed by atoms with van der Waals surface area (Å²) < 4.78 is 25.3. The predicted molar refractivity (Wildman–Crippen MR) is 108 cm³/mol. The first-order valence-corrected chi connectivity index (χ1v) is 10.6. The van der Waals surface area contributed by atoms with E-state index in [-0.39, 0.29) is 21.6 Å². The second-order valence-corrected chi connectivity index (χ2v) is 8.83. The number of hydrogen-bond donors (Lipinski definition) is 1. The lowest BCUT2D eigenvalue weighted by molar-refractivity contribution is 0.0935. The monoisotopic (exact) mass is 416 g/mol. The van der Waals surface area contributed by atoms with Gasteiger partial charge >= 0.3 is 5.69 Å². The molecular formula is C19H20N4O5S. The van der Waals surface area contributed by atoms with E-state index in [0.29, 0.717) is 5.56 Å². The number of hydrogen-bond acceptors (Lipinski definition) is 6. The summed E-state index contributed by atoms with van der Waals surface area (Å²) in [7, 11) is -0.445. The van der Waals surface area contributed by atoms with Gasteiger partial charge in [0.25, 0.3) is 11.5 Å². The van der Waals surface area contributed by atoms with Gasteiger partial charge in [-0.25, -0.2) is 18.2 Å². The lowest BCUT2D eigenvalue weighted by Gasteiger charge is -2.15. The number of pyridine rings is 1. The van der Waals surface area contributed by atoms with Crippen LogP contribution in [0.15, 0.2) is 50.9 Å². The fourth-order valence-corrected chi connectivity index (χ4v) is 3.57. The van der Waals surface area contributed by atoms with Crippen molar-refractivity contribution < 1.29 is 13.2 Å². The number of amides is 1. The fourth-order valence-electron chi connectivity index (χ4n) is 2.94. The van der Waals surface area contributed by atoms with Gasteiger partial charge in [0.2, 0.25) is 0 Å². The van der Waals surface area contributed by atoms with Crippen LogP contribution in [-0.2, 0) is 23.9 Å². The summed E-state index contributed by atoms with van der Waals surface area (Å²) in [5.41, 5.74) is -0.127. The molecule has 0 aliphatic rings. The average Bonchev–Trinajstić information content (AvgIpc) is 2.69. The summed E-state index contributed by atoms with van der Waals surface area (Å²) in [6, 6.07) is 8.68. The van der Waals surface area contributed by atoms with Crippen molar-refractivity contribution >= 4 is 26.8 Å². The number of benzene rings is 1. The van der Waals surface area contributed by atoms with Crippen molar-refractivity contribution in [2.45, 2.75) is 17.9 Å². The summed E-state index contributed by atoms with van der Waals surface area (Å²) in [5.74, 6) is -0.486. The molecule has 29 heavy (non-hydrogen) atoms. The van der Waals surface area contributed by atoms with E-state index in [4.69, 9.17) is 0 Å². The van der Waals surface area contributed by atoms with E-state index in [0.717, 1.165) is 10.8 Å². The number of rotatable bonds is 4. The van der Waals surface area contributed by atoms with Crippen molar-refractivity contribution in [3.8, 4) is 0 Å². The molecule has 1 N–H and O–H groups in total. The van der Waals surface area contributed by atoms with Gasteiger partial charge in [-0.05, 0) is 36.8 Å². The second-order valence-electron chi connectivity index (χ2n) is 6.81. The van der Waals surface area contributed by atoms with Crippen LogP contribution in [0.1, 0.15) is 29.0 Å². The van der Waals surface area contributed by atoms with Crippen molar-refractivity contribution in [2.75, 3.05) is 6.26 Å². The minimum absolute atomic E-state index is 0.0559. The number of nitrogens with one attached hydrogen (secondary N) is 1. The van der Waals surface area contributed by atoms with Crippen molar-refractivity contribution in [1.82, 2.24) is 19.4 Å². The van der Waals surface area contributed by atoms with Gasteiger partial charge in [0.15, 0.2) is 9.84 Å². The van der Waals surface area contributed by atoms with Crippen LogP contribution in [0.4, 0.5) is 0 Å². The molecule has 0 bridgehead atoms. The Bertz CT molecular complexity index is 1340. The fraction of sp³-hybridized carbons (Fsp3) is 0.263. The summed E-state index contributed by atoms with van der Waals surface area (Å²) in [4.78, 5) is 41.3. The molecule has 0 aliphatic heterocycles. The number of fused-ring (bicyclic) bond motifs is 1. The molecule has 0 radical (unpaired) electrons. The highest BCUT2D eigenvalue weighted by Crippen LogP contribution is 2.17. The lowest BCUT2D eigenvalue weighted by atomic mass is 10.1. The molecule has 0 fully saturated rings. The number of carbonyl (C=O) groups excluding carboxylic acids is 1. The Labute approximate surface area is 166 Å². The van der Waals surface area contributed by atoms with E-state index in [1.807, 2.05) is 0 Å². The van der Waals surface area contributed by atoms with E-state index < -0.39 is 33.0 Å². The Kier molecular flexibility index (Phi) is 5.14. The van der Waals surface area contributed by atoms with Crippen molar-refractivity contribution in [1.29, 1.82) is 0 Å². The highest BCUT2D eigenvalue weighted by atomic mass is 32.2. The molecule has 0 saturated heterocycles. The number of nitrogens with zero attached hydrogens (tertiary/aromatic N) is 3. The van der Waals surface area contributed by atoms with Crippen LogP contribution in [0.5, 0.6) is 0 Å². The zero-order valence-electron chi connectivity index (χ0n) is 16.3. The van der Waals surface area contributed by atoms with Crippen LogP contribution < -0.4 is 16.6 Å². The first kappa shape index (κ1) is 20.5. The lowest BCUT2D eigenvalue weighted by Crippen LogP contribution is -2.37. The maximum atomic E-state index is 12.6. The summed E-state index contributed by atoms with van der Waals surface area (Å²) in [5, 5.41) is 3.01. The quantitative estimate of drug-likeness (QED) is 0.662. The van der Waals surface area contributed by atoms with Gasteiger partial charge < -0.3 is 5.32 Å². The number of sulfone groups is 1. The van der Waals surface area contributed by atoms with E-state index >= 15 is 0 Å².